The Morgan fingerprint density at radius 2 is 2.00 bits per heavy atom. The maximum absolute atomic E-state index is 11.0. The first-order chi connectivity index (χ1) is 6.47. The van der Waals surface area contributed by atoms with Crippen LogP contribution in [0.3, 0.4) is 0 Å². The quantitative estimate of drug-likeness (QED) is 0.576. The summed E-state index contributed by atoms with van der Waals surface area (Å²) >= 11 is 0. The summed E-state index contributed by atoms with van der Waals surface area (Å²) < 4.78 is 0. The van der Waals surface area contributed by atoms with Crippen LogP contribution in [0.1, 0.15) is 19.3 Å². The van der Waals surface area contributed by atoms with Crippen LogP contribution in [0.5, 0.6) is 0 Å². The van der Waals surface area contributed by atoms with Gasteiger partial charge in [-0.1, -0.05) is 0 Å². The van der Waals surface area contributed by atoms with Gasteiger partial charge in [0.1, 0.15) is 5.54 Å². The Morgan fingerprint density at radius 1 is 1.36 bits per heavy atom. The lowest BCUT2D eigenvalue weighted by Crippen LogP contribution is -2.59. The Kier molecular flexibility index (Phi) is 1.82. The standard InChI is InChI=1S/C9H13NO4/c10-9(8(13)14)2-1-4-3-5(6(4)9)7(11)12/h4-6H,1-3,10H2,(H,11,12)(H,13,14)/t4-,5-,6-,9-/m0/s1. The molecule has 5 heteroatoms. The highest BCUT2D eigenvalue weighted by atomic mass is 16.4. The molecule has 0 heterocycles. The number of fused-ring (bicyclic) bond motifs is 1. The van der Waals surface area contributed by atoms with E-state index in [1.54, 1.807) is 0 Å². The van der Waals surface area contributed by atoms with E-state index in [1.165, 1.54) is 0 Å². The minimum absolute atomic E-state index is 0.206. The summed E-state index contributed by atoms with van der Waals surface area (Å²) in [5.74, 6) is -2.68. The average molecular weight is 199 g/mol. The fourth-order valence-electron chi connectivity index (χ4n) is 2.92. The molecule has 0 aromatic carbocycles. The van der Waals surface area contributed by atoms with E-state index in [1.807, 2.05) is 0 Å². The number of aliphatic carboxylic acids is 2. The third-order valence-corrected chi connectivity index (χ3v) is 3.74. The van der Waals surface area contributed by atoms with Gasteiger partial charge in [-0.25, -0.2) is 0 Å². The van der Waals surface area contributed by atoms with Crippen molar-refractivity contribution in [1.82, 2.24) is 0 Å². The number of nitrogens with two attached hydrogens (primary N) is 1. The zero-order valence-electron chi connectivity index (χ0n) is 7.64. The predicted molar refractivity (Wildman–Crippen MR) is 46.5 cm³/mol. The summed E-state index contributed by atoms with van der Waals surface area (Å²) in [6.45, 7) is 0. The lowest BCUT2D eigenvalue weighted by atomic mass is 9.61. The highest BCUT2D eigenvalue weighted by Gasteiger charge is 2.62. The molecule has 5 nitrogen and oxygen atoms in total. The van der Waals surface area contributed by atoms with E-state index in [-0.39, 0.29) is 11.8 Å². The topological polar surface area (TPSA) is 101 Å². The van der Waals surface area contributed by atoms with E-state index in [0.29, 0.717) is 12.8 Å². The molecule has 0 radical (unpaired) electrons. The van der Waals surface area contributed by atoms with Gasteiger partial charge in [-0.3, -0.25) is 9.59 Å². The molecule has 4 N–H and O–H groups in total. The van der Waals surface area contributed by atoms with Crippen molar-refractivity contribution in [2.45, 2.75) is 24.8 Å². The molecule has 0 aromatic heterocycles. The summed E-state index contributed by atoms with van der Waals surface area (Å²) in [6, 6.07) is 0. The van der Waals surface area contributed by atoms with Crippen molar-refractivity contribution in [1.29, 1.82) is 0 Å². The molecule has 14 heavy (non-hydrogen) atoms. The second kappa shape index (κ2) is 2.70. The van der Waals surface area contributed by atoms with E-state index < -0.39 is 23.4 Å². The Morgan fingerprint density at radius 3 is 2.50 bits per heavy atom. The van der Waals surface area contributed by atoms with E-state index >= 15 is 0 Å². The van der Waals surface area contributed by atoms with E-state index in [0.717, 1.165) is 6.42 Å². The van der Waals surface area contributed by atoms with Crippen LogP contribution in [-0.4, -0.2) is 27.7 Å². The fourth-order valence-corrected chi connectivity index (χ4v) is 2.92. The van der Waals surface area contributed by atoms with Crippen LogP contribution in [-0.2, 0) is 9.59 Å². The molecule has 0 spiro atoms. The number of rotatable bonds is 2. The normalized spacial score (nSPS) is 45.4. The molecular formula is C9H13NO4. The number of carboxylic acids is 2. The molecule has 2 rings (SSSR count). The molecule has 2 aliphatic carbocycles. The Balaban J connectivity index is 2.23. The Hall–Kier alpha value is -1.10. The van der Waals surface area contributed by atoms with Crippen LogP contribution in [0.4, 0.5) is 0 Å². The number of hydrogen-bond donors (Lipinski definition) is 3. The maximum atomic E-state index is 11.0. The second-order valence-electron chi connectivity index (χ2n) is 4.35. The van der Waals surface area contributed by atoms with Crippen LogP contribution in [0, 0.1) is 17.8 Å². The highest BCUT2D eigenvalue weighted by Crippen LogP contribution is 2.55. The summed E-state index contributed by atoms with van der Waals surface area (Å²) in [5, 5.41) is 17.8. The van der Waals surface area contributed by atoms with Crippen molar-refractivity contribution in [2.75, 3.05) is 0 Å². The van der Waals surface area contributed by atoms with Crippen LogP contribution < -0.4 is 5.73 Å². The smallest absolute Gasteiger partial charge is 0.324 e. The fraction of sp³-hybridized carbons (Fsp3) is 0.778. The van der Waals surface area contributed by atoms with Gasteiger partial charge in [0.25, 0.3) is 0 Å². The van der Waals surface area contributed by atoms with Crippen LogP contribution in [0.15, 0.2) is 0 Å². The first-order valence-electron chi connectivity index (χ1n) is 4.72. The number of hydrogen-bond acceptors (Lipinski definition) is 3. The summed E-state index contributed by atoms with van der Waals surface area (Å²) in [5.41, 5.74) is 4.45. The molecular weight excluding hydrogens is 186 g/mol. The van der Waals surface area contributed by atoms with Gasteiger partial charge in [-0.05, 0) is 25.2 Å². The third kappa shape index (κ3) is 0.987. The number of carbonyl (C=O) groups is 2. The zero-order chi connectivity index (χ0) is 10.5. The summed E-state index contributed by atoms with van der Waals surface area (Å²) in [6.07, 6.45) is 1.74. The van der Waals surface area contributed by atoms with Crippen LogP contribution in [0.25, 0.3) is 0 Å². The van der Waals surface area contributed by atoms with Gasteiger partial charge in [0.2, 0.25) is 0 Å². The maximum Gasteiger partial charge on any atom is 0.324 e. The van der Waals surface area contributed by atoms with Gasteiger partial charge in [0.05, 0.1) is 5.92 Å². The lowest BCUT2D eigenvalue weighted by Gasteiger charge is -2.43. The molecule has 0 unspecified atom stereocenters. The van der Waals surface area contributed by atoms with Gasteiger partial charge in [0.15, 0.2) is 0 Å². The van der Waals surface area contributed by atoms with Crippen molar-refractivity contribution in [3.05, 3.63) is 0 Å². The molecule has 2 saturated carbocycles. The van der Waals surface area contributed by atoms with Gasteiger partial charge < -0.3 is 15.9 Å². The SMILES string of the molecule is N[C@@]1(C(=O)O)CC[C@H]2C[C@H](C(=O)O)[C@H]21. The predicted octanol–water partition coefficient (Wildman–Crippen LogP) is -0.101. The highest BCUT2D eigenvalue weighted by molar-refractivity contribution is 5.82. The van der Waals surface area contributed by atoms with Gasteiger partial charge in [-0.2, -0.15) is 0 Å². The Bertz CT molecular complexity index is 303. The van der Waals surface area contributed by atoms with Crippen LogP contribution >= 0.6 is 0 Å². The van der Waals surface area contributed by atoms with Crippen molar-refractivity contribution in [3.8, 4) is 0 Å². The molecule has 0 aromatic rings. The van der Waals surface area contributed by atoms with Gasteiger partial charge >= 0.3 is 11.9 Å². The zero-order valence-corrected chi connectivity index (χ0v) is 7.64. The first-order valence-corrected chi connectivity index (χ1v) is 4.72. The third-order valence-electron chi connectivity index (χ3n) is 3.74. The van der Waals surface area contributed by atoms with Gasteiger partial charge in [0, 0.05) is 5.92 Å². The van der Waals surface area contributed by atoms with Crippen molar-refractivity contribution >= 4 is 11.9 Å². The van der Waals surface area contributed by atoms with Crippen molar-refractivity contribution < 1.29 is 19.8 Å². The van der Waals surface area contributed by atoms with E-state index in [9.17, 15) is 9.59 Å². The monoisotopic (exact) mass is 199 g/mol. The molecule has 0 bridgehead atoms. The molecule has 0 aliphatic heterocycles. The molecule has 78 valence electrons. The second-order valence-corrected chi connectivity index (χ2v) is 4.35. The average Bonchev–Trinajstić information content (AvgIpc) is 2.23. The molecule has 0 saturated heterocycles. The van der Waals surface area contributed by atoms with Crippen LogP contribution in [0.2, 0.25) is 0 Å². The number of carboxylic acid groups (broad SMARTS) is 2. The van der Waals surface area contributed by atoms with Crippen molar-refractivity contribution in [2.24, 2.45) is 23.5 Å². The molecule has 4 atom stereocenters. The minimum Gasteiger partial charge on any atom is -0.481 e. The lowest BCUT2D eigenvalue weighted by molar-refractivity contribution is -0.157. The van der Waals surface area contributed by atoms with Crippen molar-refractivity contribution in [3.63, 3.8) is 0 Å². The largest absolute Gasteiger partial charge is 0.481 e. The van der Waals surface area contributed by atoms with E-state index in [2.05, 4.69) is 0 Å². The van der Waals surface area contributed by atoms with Gasteiger partial charge in [-0.15, -0.1) is 0 Å². The Labute approximate surface area is 80.9 Å². The summed E-state index contributed by atoms with van der Waals surface area (Å²) in [7, 11) is 0. The minimum atomic E-state index is -1.30. The molecule has 2 fully saturated rings. The van der Waals surface area contributed by atoms with E-state index in [4.69, 9.17) is 15.9 Å². The summed E-state index contributed by atoms with van der Waals surface area (Å²) in [4.78, 5) is 21.7. The first kappa shape index (κ1) is 9.45. The molecule has 2 aliphatic rings. The molecule has 0 amide bonds.